The molecule has 0 unspecified atom stereocenters. The first-order valence-electron chi connectivity index (χ1n) is 6.21. The van der Waals surface area contributed by atoms with Gasteiger partial charge in [-0.2, -0.15) is 0 Å². The summed E-state index contributed by atoms with van der Waals surface area (Å²) in [5.41, 5.74) is 0.834. The second-order valence-corrected chi connectivity index (χ2v) is 5.26. The number of benzene rings is 1. The number of rotatable bonds is 1. The van der Waals surface area contributed by atoms with Crippen LogP contribution < -0.4 is 4.68 Å². The quantitative estimate of drug-likeness (QED) is 0.564. The van der Waals surface area contributed by atoms with E-state index < -0.39 is 0 Å². The fourth-order valence-electron chi connectivity index (χ4n) is 1.96. The van der Waals surface area contributed by atoms with Gasteiger partial charge in [0.2, 0.25) is 0 Å². The van der Waals surface area contributed by atoms with E-state index in [2.05, 4.69) is 26.4 Å². The number of hydrogen-bond donors (Lipinski definition) is 0. The van der Waals surface area contributed by atoms with E-state index >= 15 is 0 Å². The van der Waals surface area contributed by atoms with Gasteiger partial charge in [-0.05, 0) is 22.9 Å². The molecule has 2 aromatic rings. The van der Waals surface area contributed by atoms with Gasteiger partial charge in [-0.25, -0.2) is 4.79 Å². The molecule has 1 aromatic heterocycles. The minimum absolute atomic E-state index is 0.186. The summed E-state index contributed by atoms with van der Waals surface area (Å²) in [5, 5.41) is 7.85. The molecule has 7 nitrogen and oxygen atoms in total. The summed E-state index contributed by atoms with van der Waals surface area (Å²) < 4.78 is 8.97. The van der Waals surface area contributed by atoms with Crippen LogP contribution in [0.1, 0.15) is 0 Å². The van der Waals surface area contributed by atoms with Crippen LogP contribution in [-0.2, 0) is 4.74 Å². The smallest absolute Gasteiger partial charge is 0.378 e. The molecule has 1 aliphatic heterocycles. The van der Waals surface area contributed by atoms with Gasteiger partial charge >= 0.3 is 6.03 Å². The summed E-state index contributed by atoms with van der Waals surface area (Å²) in [5.74, 6) is 0. The Balaban J connectivity index is 1.81. The first-order chi connectivity index (χ1) is 9.74. The van der Waals surface area contributed by atoms with Gasteiger partial charge in [-0.15, -0.1) is 4.68 Å². The normalized spacial score (nSPS) is 15.3. The highest BCUT2D eigenvalue weighted by Gasteiger charge is 2.25. The van der Waals surface area contributed by atoms with Crippen molar-refractivity contribution in [3.05, 3.63) is 35.1 Å². The number of carbonyl (C=O) groups is 1. The molecule has 1 aromatic carbocycles. The number of tetrazole rings is 1. The predicted octanol–water partition coefficient (Wildman–Crippen LogP) is 0.618. The van der Waals surface area contributed by atoms with E-state index in [1.807, 2.05) is 24.3 Å². The van der Waals surface area contributed by atoms with Crippen molar-refractivity contribution in [3.8, 4) is 5.69 Å². The Morgan fingerprint density at radius 1 is 1.35 bits per heavy atom. The monoisotopic (exact) mass is 338 g/mol. The topological polar surface area (TPSA) is 64.1 Å². The van der Waals surface area contributed by atoms with E-state index in [0.29, 0.717) is 26.3 Å². The number of carbonyl (C=O) groups excluding carboxylic acids is 1. The molecular weight excluding hydrogens is 326 g/mol. The minimum Gasteiger partial charge on any atom is -0.378 e. The van der Waals surface area contributed by atoms with Gasteiger partial charge in [0.1, 0.15) is 10.9 Å². The van der Waals surface area contributed by atoms with Crippen LogP contribution in [0.3, 0.4) is 0 Å². The van der Waals surface area contributed by atoms with Gasteiger partial charge < -0.3 is 9.64 Å². The van der Waals surface area contributed by atoms with Crippen LogP contribution in [0.15, 0.2) is 35.1 Å². The highest BCUT2D eigenvalue weighted by atomic mass is 79.9. The third-order valence-corrected chi connectivity index (χ3v) is 3.50. The number of hydrogen-bond acceptors (Lipinski definition) is 4. The average Bonchev–Trinajstić information content (AvgIpc) is 2.97. The maximum Gasteiger partial charge on any atom is 0.420 e. The number of amides is 1. The van der Waals surface area contributed by atoms with E-state index in [0.717, 1.165) is 10.2 Å². The zero-order chi connectivity index (χ0) is 13.9. The third-order valence-electron chi connectivity index (χ3n) is 3.00. The lowest BCUT2D eigenvalue weighted by atomic mass is 10.3. The van der Waals surface area contributed by atoms with E-state index in [1.54, 1.807) is 15.9 Å². The highest BCUT2D eigenvalue weighted by Crippen LogP contribution is 2.10. The molecule has 1 amide bonds. The number of halogens is 1. The fourth-order valence-corrected chi connectivity index (χ4v) is 2.35. The molecule has 20 heavy (non-hydrogen) atoms. The maximum absolute atomic E-state index is 12.2. The van der Waals surface area contributed by atoms with E-state index in [1.165, 1.54) is 4.68 Å². The Bertz CT molecular complexity index is 624. The molecule has 1 aliphatic rings. The summed E-state index contributed by atoms with van der Waals surface area (Å²) in [7, 11) is 0. The molecule has 1 fully saturated rings. The molecule has 0 spiro atoms. The van der Waals surface area contributed by atoms with Crippen molar-refractivity contribution in [3.63, 3.8) is 0 Å². The second kappa shape index (κ2) is 5.68. The van der Waals surface area contributed by atoms with E-state index in [-0.39, 0.29) is 6.03 Å². The Labute approximate surface area is 123 Å². The fraction of sp³-hybridized carbons (Fsp3) is 0.333. The van der Waals surface area contributed by atoms with Crippen LogP contribution in [0, 0.1) is 0 Å². The minimum atomic E-state index is -0.186. The summed E-state index contributed by atoms with van der Waals surface area (Å²) in [6.45, 7) is 2.28. The van der Waals surface area contributed by atoms with Crippen molar-refractivity contribution in [2.45, 2.75) is 0 Å². The van der Waals surface area contributed by atoms with Crippen molar-refractivity contribution < 1.29 is 14.2 Å². The summed E-state index contributed by atoms with van der Waals surface area (Å²) in [4.78, 5) is 13.9. The van der Waals surface area contributed by atoms with Crippen molar-refractivity contribution in [1.82, 2.24) is 20.0 Å². The molecular formula is C12H13BrN5O2+. The molecule has 3 rings (SSSR count). The lowest BCUT2D eigenvalue weighted by Gasteiger charge is -2.23. The Hall–Kier alpha value is -1.80. The molecule has 0 saturated carbocycles. The molecule has 0 bridgehead atoms. The summed E-state index contributed by atoms with van der Waals surface area (Å²) >= 11 is 3.40. The standard InChI is InChI=1S/C12H13BrN5O2/c13-10-2-1-3-11(8-10)17-9-18(15-14-17)12(19)16-4-6-20-7-5-16/h1-3,8-9H,4-7H2/q+1. The molecule has 0 aliphatic carbocycles. The summed E-state index contributed by atoms with van der Waals surface area (Å²) in [6, 6.07) is 7.43. The molecule has 0 radical (unpaired) electrons. The lowest BCUT2D eigenvalue weighted by molar-refractivity contribution is -0.660. The third kappa shape index (κ3) is 2.70. The van der Waals surface area contributed by atoms with Crippen molar-refractivity contribution in [2.75, 3.05) is 26.3 Å². The second-order valence-electron chi connectivity index (χ2n) is 4.35. The van der Waals surface area contributed by atoms with Crippen molar-refractivity contribution in [1.29, 1.82) is 0 Å². The first-order valence-corrected chi connectivity index (χ1v) is 7.00. The SMILES string of the molecule is O=C(N1CCOCC1)n1c[n+](-c2cccc(Br)c2)nn1. The first kappa shape index (κ1) is 13.2. The van der Waals surface area contributed by atoms with Crippen LogP contribution in [0.5, 0.6) is 0 Å². The Morgan fingerprint density at radius 2 is 2.15 bits per heavy atom. The van der Waals surface area contributed by atoms with E-state index in [9.17, 15) is 4.79 Å². The van der Waals surface area contributed by atoms with Gasteiger partial charge in [-0.1, -0.05) is 22.0 Å². The number of nitrogens with zero attached hydrogens (tertiary/aromatic N) is 5. The molecule has 0 atom stereocenters. The Morgan fingerprint density at radius 3 is 2.90 bits per heavy atom. The van der Waals surface area contributed by atoms with Gasteiger partial charge in [0.25, 0.3) is 6.33 Å². The average molecular weight is 339 g/mol. The van der Waals surface area contributed by atoms with E-state index in [4.69, 9.17) is 4.74 Å². The van der Waals surface area contributed by atoms with Gasteiger partial charge in [0.15, 0.2) is 5.21 Å². The zero-order valence-electron chi connectivity index (χ0n) is 10.6. The number of morpholine rings is 1. The van der Waals surface area contributed by atoms with Gasteiger partial charge in [0.05, 0.1) is 13.2 Å². The van der Waals surface area contributed by atoms with Crippen molar-refractivity contribution >= 4 is 22.0 Å². The predicted molar refractivity (Wildman–Crippen MR) is 72.4 cm³/mol. The molecule has 0 N–H and O–H groups in total. The number of aromatic nitrogens is 4. The molecule has 1 saturated heterocycles. The van der Waals surface area contributed by atoms with Crippen LogP contribution in [0.25, 0.3) is 5.69 Å². The lowest BCUT2D eigenvalue weighted by Crippen LogP contribution is -2.43. The van der Waals surface area contributed by atoms with Crippen LogP contribution in [-0.4, -0.2) is 52.3 Å². The van der Waals surface area contributed by atoms with Crippen LogP contribution in [0.4, 0.5) is 4.79 Å². The molecule has 104 valence electrons. The molecule has 2 heterocycles. The zero-order valence-corrected chi connectivity index (χ0v) is 12.2. The largest absolute Gasteiger partial charge is 0.420 e. The van der Waals surface area contributed by atoms with Crippen LogP contribution in [0.2, 0.25) is 0 Å². The number of ether oxygens (including phenoxy) is 1. The van der Waals surface area contributed by atoms with Gasteiger partial charge in [-0.3, -0.25) is 0 Å². The Kier molecular flexibility index (Phi) is 3.75. The summed E-state index contributed by atoms with van der Waals surface area (Å²) in [6.07, 6.45) is 1.57. The maximum atomic E-state index is 12.2. The highest BCUT2D eigenvalue weighted by molar-refractivity contribution is 9.10. The van der Waals surface area contributed by atoms with Gasteiger partial charge in [0, 0.05) is 17.6 Å². The van der Waals surface area contributed by atoms with Crippen LogP contribution >= 0.6 is 15.9 Å². The van der Waals surface area contributed by atoms with Crippen molar-refractivity contribution in [2.24, 2.45) is 0 Å². The molecule has 8 heteroatoms.